The first-order valence-corrected chi connectivity index (χ1v) is 7.57. The SMILES string of the molecule is Cc1nccc(-c2cccc(NC(=O)c3ccc(Cl)cc3F)c2)n1. The van der Waals surface area contributed by atoms with Crippen molar-refractivity contribution < 1.29 is 9.18 Å². The van der Waals surface area contributed by atoms with E-state index in [2.05, 4.69) is 15.3 Å². The molecule has 1 heterocycles. The second kappa shape index (κ2) is 6.76. The highest BCUT2D eigenvalue weighted by Gasteiger charge is 2.12. The Balaban J connectivity index is 1.85. The number of hydrogen-bond acceptors (Lipinski definition) is 3. The summed E-state index contributed by atoms with van der Waals surface area (Å²) in [7, 11) is 0. The predicted molar refractivity (Wildman–Crippen MR) is 91.6 cm³/mol. The van der Waals surface area contributed by atoms with Gasteiger partial charge in [0.05, 0.1) is 11.3 Å². The molecule has 0 fully saturated rings. The molecule has 0 saturated heterocycles. The smallest absolute Gasteiger partial charge is 0.258 e. The van der Waals surface area contributed by atoms with Crippen LogP contribution in [0.1, 0.15) is 16.2 Å². The lowest BCUT2D eigenvalue weighted by Crippen LogP contribution is -2.13. The lowest BCUT2D eigenvalue weighted by molar-refractivity contribution is 0.102. The molecule has 3 rings (SSSR count). The summed E-state index contributed by atoms with van der Waals surface area (Å²) in [6, 6.07) is 12.9. The molecule has 3 aromatic rings. The molecular formula is C18H13ClFN3O. The number of hydrogen-bond donors (Lipinski definition) is 1. The van der Waals surface area contributed by atoms with Crippen molar-refractivity contribution >= 4 is 23.2 Å². The number of benzene rings is 2. The van der Waals surface area contributed by atoms with E-state index in [-0.39, 0.29) is 10.6 Å². The third kappa shape index (κ3) is 3.58. The molecular weight excluding hydrogens is 329 g/mol. The fourth-order valence-electron chi connectivity index (χ4n) is 2.25. The van der Waals surface area contributed by atoms with Gasteiger partial charge in [-0.05, 0) is 43.3 Å². The van der Waals surface area contributed by atoms with E-state index < -0.39 is 11.7 Å². The number of carbonyl (C=O) groups excluding carboxylic acids is 1. The number of anilines is 1. The van der Waals surface area contributed by atoms with E-state index in [0.717, 1.165) is 17.3 Å². The van der Waals surface area contributed by atoms with E-state index >= 15 is 0 Å². The first-order valence-electron chi connectivity index (χ1n) is 7.19. The minimum Gasteiger partial charge on any atom is -0.322 e. The summed E-state index contributed by atoms with van der Waals surface area (Å²) in [4.78, 5) is 20.6. The summed E-state index contributed by atoms with van der Waals surface area (Å²) in [6.45, 7) is 1.80. The molecule has 0 spiro atoms. The van der Waals surface area contributed by atoms with Gasteiger partial charge in [0.25, 0.3) is 5.91 Å². The number of nitrogens with one attached hydrogen (secondary N) is 1. The van der Waals surface area contributed by atoms with E-state index in [1.54, 1.807) is 37.4 Å². The van der Waals surface area contributed by atoms with Crippen LogP contribution in [-0.2, 0) is 0 Å². The molecule has 0 aliphatic heterocycles. The molecule has 1 N–H and O–H groups in total. The van der Waals surface area contributed by atoms with Crippen molar-refractivity contribution in [3.63, 3.8) is 0 Å². The zero-order valence-electron chi connectivity index (χ0n) is 12.8. The van der Waals surface area contributed by atoms with Gasteiger partial charge in [0.1, 0.15) is 11.6 Å². The summed E-state index contributed by atoms with van der Waals surface area (Å²) >= 11 is 5.70. The maximum atomic E-state index is 13.8. The fraction of sp³-hybridized carbons (Fsp3) is 0.0556. The molecule has 1 aromatic heterocycles. The van der Waals surface area contributed by atoms with Crippen LogP contribution in [0.2, 0.25) is 5.02 Å². The van der Waals surface area contributed by atoms with Crippen LogP contribution in [0, 0.1) is 12.7 Å². The van der Waals surface area contributed by atoms with E-state index in [1.165, 1.54) is 12.1 Å². The third-order valence-electron chi connectivity index (χ3n) is 3.37. The van der Waals surface area contributed by atoms with Crippen molar-refractivity contribution in [1.29, 1.82) is 0 Å². The second-order valence-corrected chi connectivity index (χ2v) is 5.58. The van der Waals surface area contributed by atoms with Gasteiger partial charge < -0.3 is 5.32 Å². The quantitative estimate of drug-likeness (QED) is 0.763. The van der Waals surface area contributed by atoms with E-state index in [0.29, 0.717) is 11.5 Å². The van der Waals surface area contributed by atoms with E-state index in [9.17, 15) is 9.18 Å². The van der Waals surface area contributed by atoms with Crippen LogP contribution in [0.5, 0.6) is 0 Å². The second-order valence-electron chi connectivity index (χ2n) is 5.15. The minimum absolute atomic E-state index is 0.0670. The van der Waals surface area contributed by atoms with Crippen molar-refractivity contribution in [2.45, 2.75) is 6.92 Å². The third-order valence-corrected chi connectivity index (χ3v) is 3.60. The molecule has 0 aliphatic carbocycles. The first-order chi connectivity index (χ1) is 11.5. The molecule has 24 heavy (non-hydrogen) atoms. The Kier molecular flexibility index (Phi) is 4.53. The Labute approximate surface area is 143 Å². The summed E-state index contributed by atoms with van der Waals surface area (Å²) in [6.07, 6.45) is 1.67. The van der Waals surface area contributed by atoms with Gasteiger partial charge in [-0.3, -0.25) is 4.79 Å². The Morgan fingerprint density at radius 1 is 1.17 bits per heavy atom. The average molecular weight is 342 g/mol. The number of carbonyl (C=O) groups is 1. The lowest BCUT2D eigenvalue weighted by Gasteiger charge is -2.08. The molecule has 2 aromatic carbocycles. The largest absolute Gasteiger partial charge is 0.322 e. The van der Waals surface area contributed by atoms with Gasteiger partial charge in [0.2, 0.25) is 0 Å². The zero-order valence-corrected chi connectivity index (χ0v) is 13.5. The monoisotopic (exact) mass is 341 g/mol. The van der Waals surface area contributed by atoms with Gasteiger partial charge in [-0.2, -0.15) is 0 Å². The minimum atomic E-state index is -0.664. The van der Waals surface area contributed by atoms with Crippen LogP contribution in [0.3, 0.4) is 0 Å². The maximum absolute atomic E-state index is 13.8. The number of nitrogens with zero attached hydrogens (tertiary/aromatic N) is 2. The van der Waals surface area contributed by atoms with Gasteiger partial charge in [-0.25, -0.2) is 14.4 Å². The van der Waals surface area contributed by atoms with Gasteiger partial charge in [0, 0.05) is 22.5 Å². The number of halogens is 2. The zero-order chi connectivity index (χ0) is 17.1. The van der Waals surface area contributed by atoms with Crippen LogP contribution in [0.15, 0.2) is 54.7 Å². The van der Waals surface area contributed by atoms with E-state index in [4.69, 9.17) is 11.6 Å². The summed E-state index contributed by atoms with van der Waals surface area (Å²) < 4.78 is 13.8. The van der Waals surface area contributed by atoms with Crippen molar-refractivity contribution in [1.82, 2.24) is 9.97 Å². The molecule has 4 nitrogen and oxygen atoms in total. The molecule has 0 atom stereocenters. The summed E-state index contributed by atoms with van der Waals surface area (Å²) in [5.41, 5.74) is 2.05. The van der Waals surface area contributed by atoms with Gasteiger partial charge in [0.15, 0.2) is 0 Å². The molecule has 1 amide bonds. The Hall–Kier alpha value is -2.79. The standard InChI is InChI=1S/C18H13ClFN3O/c1-11-21-8-7-17(22-11)12-3-2-4-14(9-12)23-18(24)15-6-5-13(19)10-16(15)20/h2-10H,1H3,(H,23,24). The molecule has 0 saturated carbocycles. The molecule has 0 aliphatic rings. The van der Waals surface area contributed by atoms with Crippen molar-refractivity contribution in [2.24, 2.45) is 0 Å². The molecule has 0 radical (unpaired) electrons. The molecule has 0 bridgehead atoms. The molecule has 6 heteroatoms. The van der Waals surface area contributed by atoms with Crippen molar-refractivity contribution in [2.75, 3.05) is 5.32 Å². The Morgan fingerprint density at radius 3 is 2.75 bits per heavy atom. The van der Waals surface area contributed by atoms with Crippen LogP contribution < -0.4 is 5.32 Å². The molecule has 0 unspecified atom stereocenters. The highest BCUT2D eigenvalue weighted by Crippen LogP contribution is 2.22. The van der Waals surface area contributed by atoms with E-state index in [1.807, 2.05) is 6.07 Å². The highest BCUT2D eigenvalue weighted by molar-refractivity contribution is 6.30. The van der Waals surface area contributed by atoms with Crippen LogP contribution in [0.25, 0.3) is 11.3 Å². The normalized spacial score (nSPS) is 10.5. The van der Waals surface area contributed by atoms with Crippen LogP contribution in [0.4, 0.5) is 10.1 Å². The van der Waals surface area contributed by atoms with Crippen molar-refractivity contribution in [3.8, 4) is 11.3 Å². The van der Waals surface area contributed by atoms with Crippen LogP contribution in [-0.4, -0.2) is 15.9 Å². The first kappa shape index (κ1) is 16.1. The fourth-order valence-corrected chi connectivity index (χ4v) is 2.40. The van der Waals surface area contributed by atoms with Gasteiger partial charge in [-0.15, -0.1) is 0 Å². The molecule has 120 valence electrons. The number of aromatic nitrogens is 2. The van der Waals surface area contributed by atoms with Gasteiger partial charge >= 0.3 is 0 Å². The predicted octanol–water partition coefficient (Wildman–Crippen LogP) is 4.50. The Morgan fingerprint density at radius 2 is 2.00 bits per heavy atom. The average Bonchev–Trinajstić information content (AvgIpc) is 2.55. The number of rotatable bonds is 3. The number of aryl methyl sites for hydroxylation is 1. The maximum Gasteiger partial charge on any atom is 0.258 e. The Bertz CT molecular complexity index is 914. The number of amides is 1. The van der Waals surface area contributed by atoms with Gasteiger partial charge in [-0.1, -0.05) is 23.7 Å². The lowest BCUT2D eigenvalue weighted by atomic mass is 10.1. The summed E-state index contributed by atoms with van der Waals surface area (Å²) in [5.74, 6) is -0.548. The topological polar surface area (TPSA) is 54.9 Å². The summed E-state index contributed by atoms with van der Waals surface area (Å²) in [5, 5.41) is 2.92. The van der Waals surface area contributed by atoms with Crippen molar-refractivity contribution in [3.05, 3.63) is 77.0 Å². The van der Waals surface area contributed by atoms with Crippen LogP contribution >= 0.6 is 11.6 Å². The highest BCUT2D eigenvalue weighted by atomic mass is 35.5.